The van der Waals surface area contributed by atoms with E-state index in [1.54, 1.807) is 7.11 Å². The topological polar surface area (TPSA) is 64.3 Å². The van der Waals surface area contributed by atoms with E-state index in [0.717, 1.165) is 32.5 Å². The summed E-state index contributed by atoms with van der Waals surface area (Å²) in [7, 11) is 1.62. The van der Waals surface area contributed by atoms with Crippen LogP contribution in [-0.2, 0) is 4.79 Å². The first-order valence-corrected chi connectivity index (χ1v) is 8.76. The van der Waals surface area contributed by atoms with Crippen LogP contribution in [0, 0.1) is 0 Å². The molecule has 4 nitrogen and oxygen atoms in total. The molecule has 25 heavy (non-hydrogen) atoms. The molecular weight excluding hydrogens is 380 g/mol. The molecule has 2 unspecified atom stereocenters. The molecule has 2 aliphatic carbocycles. The van der Waals surface area contributed by atoms with E-state index in [0.29, 0.717) is 0 Å². The van der Waals surface area contributed by atoms with Gasteiger partial charge in [0.05, 0.1) is 7.11 Å². The van der Waals surface area contributed by atoms with Crippen LogP contribution >= 0.6 is 15.9 Å². The number of nitrogens with two attached hydrogens (primary N) is 1. The number of allylic oxidation sites excluding steroid dienone is 4. The number of nitrogens with one attached hydrogen (secondary N) is 1. The number of halogens is 1. The summed E-state index contributed by atoms with van der Waals surface area (Å²) in [5, 5.41) is 3.11. The molecule has 3 aliphatic rings. The SMILES string of the molecule is COc1cccc(C2=C3C=C(Br)C=C4C=CC=CC43NC(=O)C2N)c1. The summed E-state index contributed by atoms with van der Waals surface area (Å²) in [5.41, 5.74) is 9.28. The molecule has 2 atom stereocenters. The van der Waals surface area contributed by atoms with Gasteiger partial charge in [-0.05, 0) is 46.6 Å². The monoisotopic (exact) mass is 396 g/mol. The highest BCUT2D eigenvalue weighted by molar-refractivity contribution is 9.11. The summed E-state index contributed by atoms with van der Waals surface area (Å²) < 4.78 is 6.29. The summed E-state index contributed by atoms with van der Waals surface area (Å²) in [6, 6.07) is 6.90. The van der Waals surface area contributed by atoms with Crippen LogP contribution in [0.4, 0.5) is 0 Å². The summed E-state index contributed by atoms with van der Waals surface area (Å²) >= 11 is 3.59. The van der Waals surface area contributed by atoms with Crippen molar-refractivity contribution in [3.63, 3.8) is 0 Å². The molecular formula is C20H17BrN2O2. The Labute approximate surface area is 154 Å². The van der Waals surface area contributed by atoms with Crippen molar-refractivity contribution in [1.82, 2.24) is 5.32 Å². The van der Waals surface area contributed by atoms with Crippen molar-refractivity contribution in [1.29, 1.82) is 0 Å². The molecule has 0 saturated carbocycles. The Balaban J connectivity index is 2.02. The van der Waals surface area contributed by atoms with Crippen LogP contribution in [0.15, 0.2) is 76.4 Å². The molecule has 0 aromatic heterocycles. The van der Waals surface area contributed by atoms with E-state index < -0.39 is 11.6 Å². The molecule has 5 heteroatoms. The highest BCUT2D eigenvalue weighted by Gasteiger charge is 2.46. The maximum absolute atomic E-state index is 12.7. The van der Waals surface area contributed by atoms with Gasteiger partial charge in [0.25, 0.3) is 0 Å². The molecule has 1 aliphatic heterocycles. The van der Waals surface area contributed by atoms with Crippen LogP contribution in [0.25, 0.3) is 5.57 Å². The van der Waals surface area contributed by atoms with Crippen molar-refractivity contribution in [3.05, 3.63) is 81.9 Å². The zero-order valence-corrected chi connectivity index (χ0v) is 15.2. The molecule has 3 N–H and O–H groups in total. The van der Waals surface area contributed by atoms with Gasteiger partial charge in [-0.3, -0.25) is 4.79 Å². The maximum Gasteiger partial charge on any atom is 0.242 e. The fraction of sp³-hybridized carbons (Fsp3) is 0.150. The van der Waals surface area contributed by atoms with Crippen LogP contribution in [0.2, 0.25) is 0 Å². The average Bonchev–Trinajstić information content (AvgIpc) is 2.61. The Morgan fingerprint density at radius 1 is 1.28 bits per heavy atom. The third kappa shape index (κ3) is 2.42. The highest BCUT2D eigenvalue weighted by Crippen LogP contribution is 2.45. The number of carbonyl (C=O) groups excluding carboxylic acids is 1. The minimum Gasteiger partial charge on any atom is -0.497 e. The number of hydrogen-bond donors (Lipinski definition) is 2. The fourth-order valence-electron chi connectivity index (χ4n) is 3.60. The second-order valence-electron chi connectivity index (χ2n) is 6.18. The largest absolute Gasteiger partial charge is 0.497 e. The molecule has 1 heterocycles. The minimum absolute atomic E-state index is 0.196. The first kappa shape index (κ1) is 16.1. The van der Waals surface area contributed by atoms with Crippen molar-refractivity contribution >= 4 is 27.4 Å². The van der Waals surface area contributed by atoms with Gasteiger partial charge >= 0.3 is 0 Å². The molecule has 1 aromatic carbocycles. The number of ether oxygens (including phenoxy) is 1. The number of methoxy groups -OCH3 is 1. The van der Waals surface area contributed by atoms with Crippen LogP contribution in [0.1, 0.15) is 5.56 Å². The lowest BCUT2D eigenvalue weighted by Crippen LogP contribution is -2.60. The number of hydrogen-bond acceptors (Lipinski definition) is 3. The number of carbonyl (C=O) groups is 1. The molecule has 1 amide bonds. The quantitative estimate of drug-likeness (QED) is 0.807. The molecule has 4 rings (SSSR count). The van der Waals surface area contributed by atoms with Gasteiger partial charge in [0.15, 0.2) is 0 Å². The summed E-state index contributed by atoms with van der Waals surface area (Å²) in [5.74, 6) is 0.533. The van der Waals surface area contributed by atoms with Gasteiger partial charge in [0.1, 0.15) is 17.3 Å². The Bertz CT molecular complexity index is 923. The standard InChI is InChI=1S/C20H17BrN2O2/c1-25-15-7-4-5-12(9-15)17-16-11-14(21)10-13-6-2-3-8-20(13,16)23-19(24)18(17)22/h2-11,18H,22H2,1H3,(H,23,24). The predicted molar refractivity (Wildman–Crippen MR) is 102 cm³/mol. The molecule has 1 aromatic rings. The first-order valence-electron chi connectivity index (χ1n) is 7.97. The van der Waals surface area contributed by atoms with Gasteiger partial charge in [0, 0.05) is 4.48 Å². The third-order valence-electron chi connectivity index (χ3n) is 4.77. The Kier molecular flexibility index (Phi) is 3.78. The predicted octanol–water partition coefficient (Wildman–Crippen LogP) is 2.99. The molecule has 0 saturated heterocycles. The smallest absolute Gasteiger partial charge is 0.242 e. The summed E-state index contributed by atoms with van der Waals surface area (Å²) in [6.45, 7) is 0. The third-order valence-corrected chi connectivity index (χ3v) is 5.23. The number of rotatable bonds is 2. The molecule has 126 valence electrons. The van der Waals surface area contributed by atoms with Crippen LogP contribution in [-0.4, -0.2) is 24.6 Å². The van der Waals surface area contributed by atoms with Gasteiger partial charge in [-0.25, -0.2) is 0 Å². The molecule has 1 spiro atoms. The van der Waals surface area contributed by atoms with Gasteiger partial charge in [0.2, 0.25) is 5.91 Å². The van der Waals surface area contributed by atoms with E-state index in [1.807, 2.05) is 60.7 Å². The van der Waals surface area contributed by atoms with Crippen molar-refractivity contribution in [2.45, 2.75) is 11.6 Å². The first-order chi connectivity index (χ1) is 12.0. The van der Waals surface area contributed by atoms with Crippen LogP contribution in [0.5, 0.6) is 5.75 Å². The Morgan fingerprint density at radius 2 is 2.12 bits per heavy atom. The normalized spacial score (nSPS) is 27.2. The minimum atomic E-state index is -0.747. The maximum atomic E-state index is 12.7. The number of amides is 1. The molecule has 0 bridgehead atoms. The van der Waals surface area contributed by atoms with E-state index in [2.05, 4.69) is 21.2 Å². The lowest BCUT2D eigenvalue weighted by Gasteiger charge is -2.44. The van der Waals surface area contributed by atoms with Gasteiger partial charge in [-0.15, -0.1) is 0 Å². The molecule has 0 fully saturated rings. The average molecular weight is 397 g/mol. The van der Waals surface area contributed by atoms with Crippen molar-refractivity contribution in [2.75, 3.05) is 7.11 Å². The fourth-order valence-corrected chi connectivity index (χ4v) is 4.08. The van der Waals surface area contributed by atoms with Crippen LogP contribution < -0.4 is 15.8 Å². The van der Waals surface area contributed by atoms with Gasteiger partial charge < -0.3 is 15.8 Å². The summed E-state index contributed by atoms with van der Waals surface area (Å²) in [6.07, 6.45) is 12.0. The van der Waals surface area contributed by atoms with Gasteiger partial charge in [-0.1, -0.05) is 52.4 Å². The van der Waals surface area contributed by atoms with E-state index >= 15 is 0 Å². The zero-order chi connectivity index (χ0) is 17.6. The van der Waals surface area contributed by atoms with E-state index in [9.17, 15) is 4.79 Å². The molecule has 0 radical (unpaired) electrons. The lowest BCUT2D eigenvalue weighted by atomic mass is 9.70. The van der Waals surface area contributed by atoms with Crippen LogP contribution in [0.3, 0.4) is 0 Å². The zero-order valence-electron chi connectivity index (χ0n) is 13.6. The lowest BCUT2D eigenvalue weighted by molar-refractivity contribution is -0.122. The highest BCUT2D eigenvalue weighted by atomic mass is 79.9. The van der Waals surface area contributed by atoms with Gasteiger partial charge in [-0.2, -0.15) is 0 Å². The van der Waals surface area contributed by atoms with E-state index in [1.165, 1.54) is 0 Å². The van der Waals surface area contributed by atoms with Crippen molar-refractivity contribution in [2.24, 2.45) is 5.73 Å². The number of benzene rings is 1. The van der Waals surface area contributed by atoms with E-state index in [-0.39, 0.29) is 5.91 Å². The van der Waals surface area contributed by atoms with Crippen molar-refractivity contribution in [3.8, 4) is 5.75 Å². The van der Waals surface area contributed by atoms with E-state index in [4.69, 9.17) is 10.5 Å². The second kappa shape index (κ2) is 5.86. The Hall–Kier alpha value is -2.37. The second-order valence-corrected chi connectivity index (χ2v) is 7.10. The Morgan fingerprint density at radius 3 is 2.92 bits per heavy atom. The summed E-state index contributed by atoms with van der Waals surface area (Å²) in [4.78, 5) is 12.7. The van der Waals surface area contributed by atoms with Crippen molar-refractivity contribution < 1.29 is 9.53 Å².